The molecule has 0 bridgehead atoms. The van der Waals surface area contributed by atoms with Crippen LogP contribution in [0.5, 0.6) is 11.5 Å². The number of fused-ring (bicyclic) bond motifs is 1. The van der Waals surface area contributed by atoms with E-state index in [-0.39, 0.29) is 0 Å². The fraction of sp³-hybridized carbons (Fsp3) is 0.304. The maximum absolute atomic E-state index is 9.51. The molecule has 0 aliphatic heterocycles. The van der Waals surface area contributed by atoms with E-state index in [1.165, 1.54) is 0 Å². The molecular weight excluding hydrogens is 414 g/mol. The summed E-state index contributed by atoms with van der Waals surface area (Å²) >= 11 is 0. The number of nitrogens with zero attached hydrogens (tertiary/aromatic N) is 2. The van der Waals surface area contributed by atoms with Crippen LogP contribution in [0.1, 0.15) is 19.6 Å². The van der Waals surface area contributed by atoms with E-state index in [1.807, 2.05) is 38.1 Å². The van der Waals surface area contributed by atoms with E-state index in [9.17, 15) is 10.2 Å². The fourth-order valence-electron chi connectivity index (χ4n) is 3.28. The van der Waals surface area contributed by atoms with E-state index in [2.05, 4.69) is 10.1 Å². The number of aliphatic hydroxyl groups excluding tert-OH is 2. The zero-order valence-corrected chi connectivity index (χ0v) is 17.9. The van der Waals surface area contributed by atoms with Crippen molar-refractivity contribution in [3.63, 3.8) is 0 Å². The van der Waals surface area contributed by atoms with Crippen molar-refractivity contribution >= 4 is 11.0 Å². The molecule has 0 aliphatic rings. The third-order valence-electron chi connectivity index (χ3n) is 5.05. The molecule has 0 amide bonds. The molecule has 0 unspecified atom stereocenters. The minimum absolute atomic E-state index is 0.293. The Balaban J connectivity index is 1.65. The molecule has 2 aromatic carbocycles. The summed E-state index contributed by atoms with van der Waals surface area (Å²) in [6.45, 7) is 3.95. The maximum Gasteiger partial charge on any atom is 0.258 e. The quantitative estimate of drug-likeness (QED) is 0.359. The number of furan rings is 1. The van der Waals surface area contributed by atoms with Crippen molar-refractivity contribution in [3.8, 4) is 34.3 Å². The molecule has 0 saturated heterocycles. The van der Waals surface area contributed by atoms with E-state index in [1.54, 1.807) is 18.2 Å². The first kappa shape index (κ1) is 21.8. The van der Waals surface area contributed by atoms with Gasteiger partial charge in [-0.05, 0) is 56.3 Å². The predicted octanol–water partition coefficient (Wildman–Crippen LogP) is 3.09. The van der Waals surface area contributed by atoms with Crippen LogP contribution < -0.4 is 15.2 Å². The normalized spacial score (nSPS) is 11.8. The summed E-state index contributed by atoms with van der Waals surface area (Å²) in [7, 11) is 0. The van der Waals surface area contributed by atoms with Gasteiger partial charge in [-0.15, -0.1) is 0 Å². The summed E-state index contributed by atoms with van der Waals surface area (Å²) < 4.78 is 22.5. The second kappa shape index (κ2) is 8.99. The molecule has 32 heavy (non-hydrogen) atoms. The molecule has 4 aromatic rings. The summed E-state index contributed by atoms with van der Waals surface area (Å²) in [4.78, 5) is 4.51. The molecule has 0 atom stereocenters. The highest BCUT2D eigenvalue weighted by molar-refractivity contribution is 5.83. The Morgan fingerprint density at radius 1 is 0.938 bits per heavy atom. The highest BCUT2D eigenvalue weighted by Crippen LogP contribution is 2.34. The van der Waals surface area contributed by atoms with Gasteiger partial charge in [-0.1, -0.05) is 5.16 Å². The standard InChI is InChI=1S/C23H25N3O6/c1-3-29-18-8-6-15(10-19(18)30-4-2)22-25-21(26-32-22)14-5-7-17-16(9-14)11-20(31-17)23(24,12-27)13-28/h5-11,27-28H,3-4,12-13,24H2,1-2H3. The summed E-state index contributed by atoms with van der Waals surface area (Å²) in [6.07, 6.45) is 0. The van der Waals surface area contributed by atoms with Gasteiger partial charge in [0.15, 0.2) is 11.5 Å². The number of ether oxygens (including phenoxy) is 2. The van der Waals surface area contributed by atoms with E-state index in [0.29, 0.717) is 58.9 Å². The lowest BCUT2D eigenvalue weighted by molar-refractivity contribution is 0.105. The fourth-order valence-corrected chi connectivity index (χ4v) is 3.28. The minimum atomic E-state index is -1.36. The van der Waals surface area contributed by atoms with E-state index >= 15 is 0 Å². The van der Waals surface area contributed by atoms with Crippen molar-refractivity contribution in [2.24, 2.45) is 5.73 Å². The topological polar surface area (TPSA) is 137 Å². The van der Waals surface area contributed by atoms with Gasteiger partial charge < -0.3 is 34.4 Å². The monoisotopic (exact) mass is 439 g/mol. The van der Waals surface area contributed by atoms with Gasteiger partial charge in [-0.2, -0.15) is 4.98 Å². The molecule has 0 aliphatic carbocycles. The van der Waals surface area contributed by atoms with Crippen LogP contribution in [-0.2, 0) is 5.54 Å². The molecule has 9 nitrogen and oxygen atoms in total. The molecular formula is C23H25N3O6. The van der Waals surface area contributed by atoms with Crippen molar-refractivity contribution in [2.75, 3.05) is 26.4 Å². The number of nitrogens with two attached hydrogens (primary N) is 1. The van der Waals surface area contributed by atoms with Crippen LogP contribution in [0.25, 0.3) is 33.8 Å². The molecule has 4 N–H and O–H groups in total. The number of benzene rings is 2. The van der Waals surface area contributed by atoms with Crippen LogP contribution in [0.3, 0.4) is 0 Å². The summed E-state index contributed by atoms with van der Waals surface area (Å²) in [6, 6.07) is 12.5. The third kappa shape index (κ3) is 4.05. The Kier molecular flexibility index (Phi) is 6.13. The van der Waals surface area contributed by atoms with Crippen LogP contribution in [0.2, 0.25) is 0 Å². The molecule has 0 fully saturated rings. The average Bonchev–Trinajstić information content (AvgIpc) is 3.47. The second-order valence-corrected chi connectivity index (χ2v) is 7.29. The smallest absolute Gasteiger partial charge is 0.258 e. The summed E-state index contributed by atoms with van der Waals surface area (Å²) in [5, 5.41) is 23.9. The molecule has 9 heteroatoms. The van der Waals surface area contributed by atoms with Gasteiger partial charge in [0.25, 0.3) is 5.89 Å². The van der Waals surface area contributed by atoms with Crippen molar-refractivity contribution in [1.82, 2.24) is 10.1 Å². The van der Waals surface area contributed by atoms with Crippen LogP contribution in [-0.4, -0.2) is 46.8 Å². The zero-order chi connectivity index (χ0) is 22.7. The van der Waals surface area contributed by atoms with E-state index in [0.717, 1.165) is 5.39 Å². The van der Waals surface area contributed by atoms with Gasteiger partial charge in [0, 0.05) is 16.5 Å². The maximum atomic E-state index is 9.51. The van der Waals surface area contributed by atoms with Gasteiger partial charge in [0.1, 0.15) is 16.9 Å². The Morgan fingerprint density at radius 3 is 2.38 bits per heavy atom. The van der Waals surface area contributed by atoms with Crippen LogP contribution in [0.15, 0.2) is 51.4 Å². The largest absolute Gasteiger partial charge is 0.490 e. The third-order valence-corrected chi connectivity index (χ3v) is 5.05. The van der Waals surface area contributed by atoms with Crippen molar-refractivity contribution in [1.29, 1.82) is 0 Å². The zero-order valence-electron chi connectivity index (χ0n) is 17.9. The molecule has 0 radical (unpaired) electrons. The molecule has 0 saturated carbocycles. The van der Waals surface area contributed by atoms with Crippen LogP contribution in [0, 0.1) is 0 Å². The van der Waals surface area contributed by atoms with E-state index < -0.39 is 18.8 Å². The number of aromatic nitrogens is 2. The lowest BCUT2D eigenvalue weighted by Gasteiger charge is -2.21. The Bertz CT molecular complexity index is 1210. The highest BCUT2D eigenvalue weighted by atomic mass is 16.5. The van der Waals surface area contributed by atoms with E-state index in [4.69, 9.17) is 24.1 Å². The molecule has 168 valence electrons. The van der Waals surface area contributed by atoms with Crippen LogP contribution >= 0.6 is 0 Å². The Labute approximate surface area is 184 Å². The Morgan fingerprint density at radius 2 is 1.66 bits per heavy atom. The van der Waals surface area contributed by atoms with Gasteiger partial charge in [-0.25, -0.2) is 0 Å². The summed E-state index contributed by atoms with van der Waals surface area (Å²) in [5.41, 5.74) is 6.64. The Hall–Kier alpha value is -3.40. The predicted molar refractivity (Wildman–Crippen MR) is 117 cm³/mol. The van der Waals surface area contributed by atoms with Gasteiger partial charge in [0.2, 0.25) is 5.82 Å². The number of rotatable bonds is 9. The number of hydrogen-bond donors (Lipinski definition) is 3. The van der Waals surface area contributed by atoms with Gasteiger partial charge in [0.05, 0.1) is 26.4 Å². The lowest BCUT2D eigenvalue weighted by atomic mass is 10.00. The average molecular weight is 439 g/mol. The van der Waals surface area contributed by atoms with Crippen molar-refractivity contribution in [3.05, 3.63) is 48.2 Å². The minimum Gasteiger partial charge on any atom is -0.490 e. The number of aliphatic hydroxyl groups is 2. The molecule has 2 aromatic heterocycles. The first-order valence-corrected chi connectivity index (χ1v) is 10.3. The first-order chi connectivity index (χ1) is 15.5. The van der Waals surface area contributed by atoms with Crippen molar-refractivity contribution in [2.45, 2.75) is 19.4 Å². The number of hydrogen-bond acceptors (Lipinski definition) is 9. The van der Waals surface area contributed by atoms with Crippen molar-refractivity contribution < 1.29 is 28.6 Å². The van der Waals surface area contributed by atoms with Gasteiger partial charge in [-0.3, -0.25) is 0 Å². The highest BCUT2D eigenvalue weighted by Gasteiger charge is 2.30. The second-order valence-electron chi connectivity index (χ2n) is 7.29. The first-order valence-electron chi connectivity index (χ1n) is 10.3. The molecule has 2 heterocycles. The molecule has 4 rings (SSSR count). The van der Waals surface area contributed by atoms with Crippen LogP contribution in [0.4, 0.5) is 0 Å². The lowest BCUT2D eigenvalue weighted by Crippen LogP contribution is -2.43. The molecule has 0 spiro atoms. The SMILES string of the molecule is CCOc1ccc(-c2nc(-c3ccc4oc(C(N)(CO)CO)cc4c3)no2)cc1OCC. The summed E-state index contributed by atoms with van der Waals surface area (Å²) in [5.74, 6) is 2.30. The van der Waals surface area contributed by atoms with Gasteiger partial charge >= 0.3 is 0 Å².